The maximum absolute atomic E-state index is 12.4. The molecule has 1 atom stereocenters. The summed E-state index contributed by atoms with van der Waals surface area (Å²) in [7, 11) is 0. The molecule has 20 heavy (non-hydrogen) atoms. The summed E-state index contributed by atoms with van der Waals surface area (Å²) in [5, 5.41) is 8.71. The van der Waals surface area contributed by atoms with Crippen molar-refractivity contribution in [2.75, 3.05) is 45.8 Å². The van der Waals surface area contributed by atoms with E-state index in [1.54, 1.807) is 0 Å². The van der Waals surface area contributed by atoms with E-state index in [0.29, 0.717) is 12.3 Å². The van der Waals surface area contributed by atoms with Crippen molar-refractivity contribution >= 4 is 12.0 Å². The number of carbonyl (C=O) groups excluding carboxylic acids is 1. The van der Waals surface area contributed by atoms with Gasteiger partial charge in [0.2, 0.25) is 0 Å². The van der Waals surface area contributed by atoms with Crippen LogP contribution in [-0.2, 0) is 4.79 Å². The average molecular weight is 283 g/mol. The van der Waals surface area contributed by atoms with Crippen LogP contribution in [0.25, 0.3) is 0 Å². The number of piperazine rings is 1. The van der Waals surface area contributed by atoms with Gasteiger partial charge in [-0.2, -0.15) is 0 Å². The highest BCUT2D eigenvalue weighted by molar-refractivity contribution is 5.75. The van der Waals surface area contributed by atoms with Crippen LogP contribution >= 0.6 is 0 Å². The molecule has 1 N–H and O–H groups in total. The molecule has 0 saturated carbocycles. The molecule has 0 aliphatic carbocycles. The van der Waals surface area contributed by atoms with Crippen LogP contribution in [-0.4, -0.2) is 77.6 Å². The summed E-state index contributed by atoms with van der Waals surface area (Å²) in [6.07, 6.45) is 1.83. The van der Waals surface area contributed by atoms with Crippen LogP contribution in [0.1, 0.15) is 26.2 Å². The molecule has 114 valence electrons. The van der Waals surface area contributed by atoms with Crippen molar-refractivity contribution < 1.29 is 14.7 Å². The van der Waals surface area contributed by atoms with Gasteiger partial charge in [-0.15, -0.1) is 0 Å². The lowest BCUT2D eigenvalue weighted by Crippen LogP contribution is -2.52. The van der Waals surface area contributed by atoms with Crippen LogP contribution in [0.3, 0.4) is 0 Å². The number of nitrogens with zero attached hydrogens (tertiary/aromatic N) is 3. The summed E-state index contributed by atoms with van der Waals surface area (Å²) in [4.78, 5) is 29.2. The highest BCUT2D eigenvalue weighted by Gasteiger charge is 2.30. The van der Waals surface area contributed by atoms with Crippen LogP contribution in [0.2, 0.25) is 0 Å². The fourth-order valence-electron chi connectivity index (χ4n) is 3.03. The third-order valence-corrected chi connectivity index (χ3v) is 4.41. The molecule has 2 heterocycles. The van der Waals surface area contributed by atoms with Gasteiger partial charge in [0.1, 0.15) is 0 Å². The summed E-state index contributed by atoms with van der Waals surface area (Å²) in [5.74, 6) is -0.391. The van der Waals surface area contributed by atoms with Gasteiger partial charge in [0.15, 0.2) is 0 Å². The minimum absolute atomic E-state index is 0.138. The van der Waals surface area contributed by atoms with E-state index in [9.17, 15) is 9.59 Å². The van der Waals surface area contributed by atoms with Crippen molar-refractivity contribution in [1.29, 1.82) is 0 Å². The number of amides is 2. The molecule has 0 radical (unpaired) electrons. The van der Waals surface area contributed by atoms with Crippen LogP contribution in [0.4, 0.5) is 4.79 Å². The highest BCUT2D eigenvalue weighted by atomic mass is 16.4. The van der Waals surface area contributed by atoms with Crippen molar-refractivity contribution in [3.05, 3.63) is 0 Å². The first-order chi connectivity index (χ1) is 9.60. The van der Waals surface area contributed by atoms with Gasteiger partial charge in [-0.1, -0.05) is 6.92 Å². The zero-order valence-corrected chi connectivity index (χ0v) is 12.3. The second kappa shape index (κ2) is 6.92. The monoisotopic (exact) mass is 283 g/mol. The molecular weight excluding hydrogens is 258 g/mol. The Morgan fingerprint density at radius 1 is 1.10 bits per heavy atom. The summed E-state index contributed by atoms with van der Waals surface area (Å²) in [6.45, 7) is 8.22. The molecule has 0 aromatic carbocycles. The van der Waals surface area contributed by atoms with E-state index in [1.165, 1.54) is 0 Å². The number of likely N-dealkylation sites (N-methyl/N-ethyl adjacent to an activating group) is 1. The smallest absolute Gasteiger partial charge is 0.320 e. The standard InChI is InChI=1S/C14H25N3O3/c1-2-15-7-9-16(10-8-15)14(20)17-6-5-12(11-17)3-4-13(18)19/h12H,2-11H2,1H3,(H,18,19). The molecule has 0 aromatic heterocycles. The number of carbonyl (C=O) groups is 2. The molecule has 2 rings (SSSR count). The third kappa shape index (κ3) is 3.85. The molecule has 2 aliphatic heterocycles. The number of hydrogen-bond acceptors (Lipinski definition) is 3. The summed E-state index contributed by atoms with van der Waals surface area (Å²) < 4.78 is 0. The quantitative estimate of drug-likeness (QED) is 0.833. The molecule has 2 fully saturated rings. The summed E-state index contributed by atoms with van der Waals surface area (Å²) in [5.41, 5.74) is 0. The maximum atomic E-state index is 12.4. The first-order valence-corrected chi connectivity index (χ1v) is 7.58. The predicted molar refractivity (Wildman–Crippen MR) is 75.6 cm³/mol. The fraction of sp³-hybridized carbons (Fsp3) is 0.857. The van der Waals surface area contributed by atoms with Gasteiger partial charge in [-0.25, -0.2) is 4.79 Å². The first-order valence-electron chi connectivity index (χ1n) is 7.58. The van der Waals surface area contributed by atoms with E-state index in [4.69, 9.17) is 5.11 Å². The van der Waals surface area contributed by atoms with E-state index in [2.05, 4.69) is 11.8 Å². The Morgan fingerprint density at radius 3 is 2.40 bits per heavy atom. The highest BCUT2D eigenvalue weighted by Crippen LogP contribution is 2.22. The SMILES string of the molecule is CCN1CCN(C(=O)N2CCC(CCC(=O)O)C2)CC1. The largest absolute Gasteiger partial charge is 0.481 e. The molecule has 1 unspecified atom stereocenters. The van der Waals surface area contributed by atoms with Gasteiger partial charge in [0, 0.05) is 45.7 Å². The number of aliphatic carboxylic acids is 1. The molecule has 0 bridgehead atoms. The Kier molecular flexibility index (Phi) is 5.23. The van der Waals surface area contributed by atoms with Gasteiger partial charge in [0.25, 0.3) is 0 Å². The molecule has 2 saturated heterocycles. The number of urea groups is 1. The molecule has 0 spiro atoms. The van der Waals surface area contributed by atoms with Gasteiger partial charge in [-0.3, -0.25) is 4.79 Å². The maximum Gasteiger partial charge on any atom is 0.320 e. The number of carboxylic acids is 1. The van der Waals surface area contributed by atoms with Crippen LogP contribution in [0.15, 0.2) is 0 Å². The lowest BCUT2D eigenvalue weighted by molar-refractivity contribution is -0.137. The molecule has 6 nitrogen and oxygen atoms in total. The Balaban J connectivity index is 1.75. The molecule has 2 amide bonds. The van der Waals surface area contributed by atoms with Gasteiger partial charge < -0.3 is 19.8 Å². The molecule has 0 aromatic rings. The third-order valence-electron chi connectivity index (χ3n) is 4.41. The lowest BCUT2D eigenvalue weighted by atomic mass is 10.0. The van der Waals surface area contributed by atoms with E-state index in [1.807, 2.05) is 9.80 Å². The first kappa shape index (κ1) is 15.1. The van der Waals surface area contributed by atoms with Gasteiger partial charge in [0.05, 0.1) is 0 Å². The summed E-state index contributed by atoms with van der Waals surface area (Å²) in [6, 6.07) is 0.138. The Hall–Kier alpha value is -1.30. The van der Waals surface area contributed by atoms with Crippen molar-refractivity contribution in [3.8, 4) is 0 Å². The normalized spacial score (nSPS) is 24.1. The van der Waals surface area contributed by atoms with Gasteiger partial charge in [-0.05, 0) is 25.3 Å². The van der Waals surface area contributed by atoms with Crippen molar-refractivity contribution in [3.63, 3.8) is 0 Å². The van der Waals surface area contributed by atoms with Crippen LogP contribution < -0.4 is 0 Å². The lowest BCUT2D eigenvalue weighted by Gasteiger charge is -2.36. The van der Waals surface area contributed by atoms with E-state index in [0.717, 1.165) is 52.2 Å². The number of carboxylic acid groups (broad SMARTS) is 1. The van der Waals surface area contributed by atoms with E-state index >= 15 is 0 Å². The second-order valence-corrected chi connectivity index (χ2v) is 5.74. The second-order valence-electron chi connectivity index (χ2n) is 5.74. The van der Waals surface area contributed by atoms with Crippen molar-refractivity contribution in [2.24, 2.45) is 5.92 Å². The van der Waals surface area contributed by atoms with Crippen LogP contribution in [0, 0.1) is 5.92 Å². The molecule has 2 aliphatic rings. The average Bonchev–Trinajstić information content (AvgIpc) is 2.93. The van der Waals surface area contributed by atoms with E-state index < -0.39 is 5.97 Å². The van der Waals surface area contributed by atoms with Crippen LogP contribution in [0.5, 0.6) is 0 Å². The zero-order valence-electron chi connectivity index (χ0n) is 12.3. The van der Waals surface area contributed by atoms with Crippen molar-refractivity contribution in [1.82, 2.24) is 14.7 Å². The minimum Gasteiger partial charge on any atom is -0.481 e. The Morgan fingerprint density at radius 2 is 1.80 bits per heavy atom. The zero-order chi connectivity index (χ0) is 14.5. The Bertz CT molecular complexity index is 354. The van der Waals surface area contributed by atoms with Gasteiger partial charge >= 0.3 is 12.0 Å². The number of rotatable bonds is 4. The molecule has 6 heteroatoms. The number of hydrogen-bond donors (Lipinski definition) is 1. The summed E-state index contributed by atoms with van der Waals surface area (Å²) >= 11 is 0. The number of likely N-dealkylation sites (tertiary alicyclic amines) is 1. The van der Waals surface area contributed by atoms with Crippen molar-refractivity contribution in [2.45, 2.75) is 26.2 Å². The Labute approximate surface area is 120 Å². The predicted octanol–water partition coefficient (Wildman–Crippen LogP) is 0.931. The van der Waals surface area contributed by atoms with E-state index in [-0.39, 0.29) is 12.5 Å². The minimum atomic E-state index is -0.745. The topological polar surface area (TPSA) is 64.1 Å². The molecular formula is C14H25N3O3. The fourth-order valence-corrected chi connectivity index (χ4v) is 3.03.